The molecule has 0 saturated carbocycles. The third kappa shape index (κ3) is 2.73. The number of nitrogens with zero attached hydrogens (tertiary/aromatic N) is 1. The number of rotatable bonds is 1. The Morgan fingerprint density at radius 1 is 1.47 bits per heavy atom. The van der Waals surface area contributed by atoms with Crippen molar-refractivity contribution in [1.29, 1.82) is 0 Å². The molecule has 15 heavy (non-hydrogen) atoms. The molecule has 8 heteroatoms. The smallest absolute Gasteiger partial charge is 0.407 e. The van der Waals surface area contributed by atoms with E-state index in [9.17, 15) is 18.0 Å². The number of primary amides is 1. The summed E-state index contributed by atoms with van der Waals surface area (Å²) >= 11 is 0. The van der Waals surface area contributed by atoms with Gasteiger partial charge in [0.05, 0.1) is 11.9 Å². The molecule has 1 amide bonds. The average molecular weight is 221 g/mol. The van der Waals surface area contributed by atoms with E-state index in [1.165, 1.54) is 0 Å². The molecule has 0 atom stereocenters. The molecule has 0 aliphatic carbocycles. The van der Waals surface area contributed by atoms with Crippen molar-refractivity contribution < 1.29 is 22.7 Å². The van der Waals surface area contributed by atoms with Crippen LogP contribution in [0.15, 0.2) is 12.3 Å². The van der Waals surface area contributed by atoms with Crippen molar-refractivity contribution in [2.45, 2.75) is 6.18 Å². The number of aromatic nitrogens is 1. The number of ether oxygens (including phenoxy) is 1. The Bertz CT molecular complexity index is 392. The largest absolute Gasteiger partial charge is 0.433 e. The minimum atomic E-state index is -4.60. The Balaban J connectivity index is 3.03. The maximum Gasteiger partial charge on any atom is 0.433 e. The van der Waals surface area contributed by atoms with E-state index in [0.29, 0.717) is 12.3 Å². The first kappa shape index (κ1) is 11.1. The highest BCUT2D eigenvalue weighted by Gasteiger charge is 2.33. The zero-order valence-electron chi connectivity index (χ0n) is 7.21. The molecule has 1 heterocycles. The molecular weight excluding hydrogens is 215 g/mol. The molecule has 4 N–H and O–H groups in total. The first-order valence-corrected chi connectivity index (χ1v) is 3.60. The Morgan fingerprint density at radius 2 is 2.07 bits per heavy atom. The standard InChI is InChI=1S/C7H6F3N3O2/c8-7(9,10)5-1-3(11)4(2-13-5)15-6(12)14/h1-2H,(H2,11,13)(H2,12,14). The van der Waals surface area contributed by atoms with Crippen LogP contribution in [0.25, 0.3) is 0 Å². The van der Waals surface area contributed by atoms with Gasteiger partial charge in [-0.1, -0.05) is 0 Å². The van der Waals surface area contributed by atoms with Crippen molar-refractivity contribution in [2.75, 3.05) is 5.73 Å². The number of carbonyl (C=O) groups excluding carboxylic acids is 1. The summed E-state index contributed by atoms with van der Waals surface area (Å²) in [5.74, 6) is -0.310. The molecule has 1 aromatic rings. The van der Waals surface area contributed by atoms with Crippen LogP contribution >= 0.6 is 0 Å². The quantitative estimate of drug-likeness (QED) is 0.743. The van der Waals surface area contributed by atoms with Gasteiger partial charge in [-0.2, -0.15) is 13.2 Å². The topological polar surface area (TPSA) is 91.2 Å². The second-order valence-electron chi connectivity index (χ2n) is 2.53. The molecule has 1 aromatic heterocycles. The third-order valence-electron chi connectivity index (χ3n) is 1.40. The van der Waals surface area contributed by atoms with Crippen LogP contribution in [0.4, 0.5) is 23.7 Å². The fraction of sp³-hybridized carbons (Fsp3) is 0.143. The van der Waals surface area contributed by atoms with E-state index >= 15 is 0 Å². The van der Waals surface area contributed by atoms with Crippen molar-refractivity contribution in [3.63, 3.8) is 0 Å². The van der Waals surface area contributed by atoms with Gasteiger partial charge in [0, 0.05) is 0 Å². The molecule has 0 bridgehead atoms. The molecular formula is C7H6F3N3O2. The minimum Gasteiger partial charge on any atom is -0.407 e. The van der Waals surface area contributed by atoms with Gasteiger partial charge in [-0.05, 0) is 6.07 Å². The molecule has 0 radical (unpaired) electrons. The summed E-state index contributed by atoms with van der Waals surface area (Å²) in [6.45, 7) is 0. The third-order valence-corrected chi connectivity index (χ3v) is 1.40. The van der Waals surface area contributed by atoms with Gasteiger partial charge in [0.2, 0.25) is 0 Å². The maximum absolute atomic E-state index is 12.1. The summed E-state index contributed by atoms with van der Waals surface area (Å²) in [6, 6.07) is 0.554. The molecule has 5 nitrogen and oxygen atoms in total. The fourth-order valence-electron chi connectivity index (χ4n) is 0.807. The molecule has 0 aliphatic heterocycles. The van der Waals surface area contributed by atoms with Gasteiger partial charge in [0.15, 0.2) is 5.75 Å². The molecule has 0 fully saturated rings. The van der Waals surface area contributed by atoms with Gasteiger partial charge in [0.1, 0.15) is 5.69 Å². The van der Waals surface area contributed by atoms with Crippen molar-refractivity contribution in [3.8, 4) is 5.75 Å². The summed E-state index contributed by atoms with van der Waals surface area (Å²) in [6.07, 6.45) is -5.09. The molecule has 0 unspecified atom stereocenters. The summed E-state index contributed by atoms with van der Waals surface area (Å²) in [5.41, 5.74) is 8.31. The van der Waals surface area contributed by atoms with Crippen LogP contribution < -0.4 is 16.2 Å². The normalized spacial score (nSPS) is 11.1. The van der Waals surface area contributed by atoms with Crippen LogP contribution in [0.2, 0.25) is 0 Å². The van der Waals surface area contributed by atoms with Crippen molar-refractivity contribution in [1.82, 2.24) is 4.98 Å². The summed E-state index contributed by atoms with van der Waals surface area (Å²) in [4.78, 5) is 13.3. The number of pyridine rings is 1. The van der Waals surface area contributed by atoms with E-state index in [1.807, 2.05) is 0 Å². The first-order chi connectivity index (χ1) is 6.80. The fourth-order valence-corrected chi connectivity index (χ4v) is 0.807. The van der Waals surface area contributed by atoms with Crippen LogP contribution in [-0.4, -0.2) is 11.1 Å². The van der Waals surface area contributed by atoms with Gasteiger partial charge in [-0.15, -0.1) is 0 Å². The molecule has 0 spiro atoms. The second-order valence-corrected chi connectivity index (χ2v) is 2.53. The van der Waals surface area contributed by atoms with Crippen LogP contribution in [0.1, 0.15) is 5.69 Å². The lowest BCUT2D eigenvalue weighted by Gasteiger charge is -2.08. The minimum absolute atomic E-state index is 0.310. The predicted molar refractivity (Wildman–Crippen MR) is 43.9 cm³/mol. The Hall–Kier alpha value is -1.99. The number of nitrogens with two attached hydrogens (primary N) is 2. The number of halogens is 3. The second kappa shape index (κ2) is 3.64. The van der Waals surface area contributed by atoms with Crippen molar-refractivity contribution in [2.24, 2.45) is 5.73 Å². The lowest BCUT2D eigenvalue weighted by atomic mass is 10.3. The van der Waals surface area contributed by atoms with Crippen LogP contribution in [0.5, 0.6) is 5.75 Å². The van der Waals surface area contributed by atoms with E-state index in [1.54, 1.807) is 0 Å². The number of hydrogen-bond acceptors (Lipinski definition) is 4. The van der Waals surface area contributed by atoms with E-state index in [0.717, 1.165) is 0 Å². The molecule has 1 rings (SSSR count). The number of amides is 1. The lowest BCUT2D eigenvalue weighted by Crippen LogP contribution is -2.18. The maximum atomic E-state index is 12.1. The van der Waals surface area contributed by atoms with Gasteiger partial charge < -0.3 is 16.2 Å². The predicted octanol–water partition coefficient (Wildman–Crippen LogP) is 1.14. The summed E-state index contributed by atoms with van der Waals surface area (Å²) in [7, 11) is 0. The number of alkyl halides is 3. The number of hydrogen-bond donors (Lipinski definition) is 2. The van der Waals surface area contributed by atoms with Crippen LogP contribution in [0.3, 0.4) is 0 Å². The average Bonchev–Trinajstić information content (AvgIpc) is 2.05. The molecule has 0 saturated heterocycles. The van der Waals surface area contributed by atoms with Crippen molar-refractivity contribution in [3.05, 3.63) is 18.0 Å². The number of nitrogen functional groups attached to an aromatic ring is 1. The highest BCUT2D eigenvalue weighted by atomic mass is 19.4. The highest BCUT2D eigenvalue weighted by Crippen LogP contribution is 2.31. The molecule has 0 aromatic carbocycles. The van der Waals surface area contributed by atoms with E-state index in [-0.39, 0.29) is 11.4 Å². The Kier molecular flexibility index (Phi) is 2.69. The van der Waals surface area contributed by atoms with E-state index in [2.05, 4.69) is 15.5 Å². The molecule has 0 aliphatic rings. The van der Waals surface area contributed by atoms with Crippen LogP contribution in [-0.2, 0) is 6.18 Å². The SMILES string of the molecule is NC(=O)Oc1cnc(C(F)(F)F)cc1N. The van der Waals surface area contributed by atoms with E-state index < -0.39 is 18.0 Å². The summed E-state index contributed by atoms with van der Waals surface area (Å²) in [5, 5.41) is 0. The number of carbonyl (C=O) groups is 1. The van der Waals surface area contributed by atoms with Crippen LogP contribution in [0, 0.1) is 0 Å². The Labute approximate surface area is 81.8 Å². The zero-order chi connectivity index (χ0) is 11.6. The summed E-state index contributed by atoms with van der Waals surface area (Å²) < 4.78 is 40.6. The monoisotopic (exact) mass is 221 g/mol. The van der Waals surface area contributed by atoms with Gasteiger partial charge in [-0.25, -0.2) is 9.78 Å². The van der Waals surface area contributed by atoms with Gasteiger partial charge in [0.25, 0.3) is 0 Å². The Morgan fingerprint density at radius 3 is 2.47 bits per heavy atom. The lowest BCUT2D eigenvalue weighted by molar-refractivity contribution is -0.141. The zero-order valence-corrected chi connectivity index (χ0v) is 7.21. The van der Waals surface area contributed by atoms with E-state index in [4.69, 9.17) is 5.73 Å². The highest BCUT2D eigenvalue weighted by molar-refractivity contribution is 5.70. The van der Waals surface area contributed by atoms with Crippen molar-refractivity contribution >= 4 is 11.8 Å². The first-order valence-electron chi connectivity index (χ1n) is 3.60. The van der Waals surface area contributed by atoms with Gasteiger partial charge >= 0.3 is 12.3 Å². The molecule has 82 valence electrons. The van der Waals surface area contributed by atoms with Gasteiger partial charge in [-0.3, -0.25) is 0 Å². The number of anilines is 1.